The number of halogens is 16. The van der Waals surface area contributed by atoms with Gasteiger partial charge >= 0.3 is 0 Å². The Morgan fingerprint density at radius 3 is 0.867 bits per heavy atom. The summed E-state index contributed by atoms with van der Waals surface area (Å²) in [4.78, 5) is 56.6. The summed E-state index contributed by atoms with van der Waals surface area (Å²) in [7, 11) is 0. The summed E-state index contributed by atoms with van der Waals surface area (Å²) in [5.74, 6) is 3.87. The van der Waals surface area contributed by atoms with Crippen LogP contribution in [0.2, 0.25) is 80.6 Å². The van der Waals surface area contributed by atoms with Crippen LogP contribution in [0.1, 0.15) is 97.9 Å². The predicted octanol–water partition coefficient (Wildman–Crippen LogP) is 27.2. The highest BCUT2D eigenvalue weighted by molar-refractivity contribution is 6.41. The van der Waals surface area contributed by atoms with Crippen LogP contribution in [0.15, 0.2) is 176 Å². The van der Waals surface area contributed by atoms with E-state index >= 15 is 0 Å². The SMILES string of the molecule is C=C(C)C1CC(Oc2c(Cl)cc(C)cc2Cl)=NNC1=O.Cc1cc(Cl)c(OC2=NNC(=O)C(C(C)C)C2)c(Cl)c1.Cc1cc(Cl)c(Oc2cc(C(C)C)c(=O)[nH]n2)c(Cl)c1.Cc1cc(Cl)c(Oc2ccc(=O)[nH]n2)c(Cl)c1.Cc1cc(Cl)c(Oc2ccc(=O)[nH]n2)c(Cl)c1.Cc1cc(Cl)c(Oc2ccc(Cl)nn2)c(Cl)c1.Cc1cc(Cl)c(Oc2ccc(Cl)nn2)c(Cl)c1. The summed E-state index contributed by atoms with van der Waals surface area (Å²) < 4.78 is 38.6. The molecule has 0 spiro atoms. The minimum atomic E-state index is -0.356. The second kappa shape index (κ2) is 49.0. The van der Waals surface area contributed by atoms with Gasteiger partial charge in [0.2, 0.25) is 53.0 Å². The lowest BCUT2D eigenvalue weighted by Crippen LogP contribution is -2.38. The van der Waals surface area contributed by atoms with Crippen LogP contribution in [0.3, 0.4) is 0 Å². The molecular formula is C86H74Cl16N14O12. The van der Waals surface area contributed by atoms with E-state index in [2.05, 4.69) is 78.6 Å². The van der Waals surface area contributed by atoms with E-state index < -0.39 is 0 Å². The van der Waals surface area contributed by atoms with Gasteiger partial charge in [0.25, 0.3) is 16.7 Å². The second-order valence-electron chi connectivity index (χ2n) is 28.3. The summed E-state index contributed by atoms with van der Waals surface area (Å²) in [5, 5.41) is 47.1. The zero-order chi connectivity index (χ0) is 94.2. The first-order valence-electron chi connectivity index (χ1n) is 37.4. The van der Waals surface area contributed by atoms with Crippen molar-refractivity contribution in [3.63, 3.8) is 0 Å². The molecule has 26 nitrogen and oxygen atoms in total. The number of aryl methyl sites for hydroxylation is 7. The quantitative estimate of drug-likeness (QED) is 0.0595. The highest BCUT2D eigenvalue weighted by Crippen LogP contribution is 2.43. The number of nitrogens with zero attached hydrogens (tertiary/aromatic N) is 9. The van der Waals surface area contributed by atoms with E-state index in [-0.39, 0.29) is 81.6 Å². The van der Waals surface area contributed by atoms with Crippen molar-refractivity contribution >= 4 is 209 Å². The molecule has 42 heteroatoms. The third kappa shape index (κ3) is 31.7. The smallest absolute Gasteiger partial charge is 0.267 e. The molecule has 0 fully saturated rings. The van der Waals surface area contributed by atoms with E-state index in [0.717, 1.165) is 44.5 Å². The number of carbonyl (C=O) groups is 2. The molecule has 14 rings (SSSR count). The van der Waals surface area contributed by atoms with Crippen molar-refractivity contribution in [3.05, 3.63) is 308 Å². The average molecular weight is 2060 g/mol. The van der Waals surface area contributed by atoms with Crippen molar-refractivity contribution in [2.75, 3.05) is 0 Å². The number of H-pyrrole nitrogens is 3. The van der Waals surface area contributed by atoms with Gasteiger partial charge < -0.3 is 33.2 Å². The first-order chi connectivity index (χ1) is 60.4. The first kappa shape index (κ1) is 104. The van der Waals surface area contributed by atoms with Crippen molar-refractivity contribution in [2.24, 2.45) is 28.0 Å². The van der Waals surface area contributed by atoms with E-state index in [1.165, 1.54) is 24.3 Å². The topological polar surface area (TPSA) is 336 Å². The monoisotopic (exact) mass is 2050 g/mol. The van der Waals surface area contributed by atoms with Gasteiger partial charge in [-0.1, -0.05) is 225 Å². The molecule has 0 saturated carbocycles. The number of benzene rings is 7. The van der Waals surface area contributed by atoms with Gasteiger partial charge in [0.05, 0.1) is 82.2 Å². The van der Waals surface area contributed by atoms with Crippen LogP contribution in [-0.4, -0.2) is 74.6 Å². The van der Waals surface area contributed by atoms with Crippen LogP contribution in [0.4, 0.5) is 0 Å². The van der Waals surface area contributed by atoms with E-state index in [4.69, 9.17) is 219 Å². The lowest BCUT2D eigenvalue weighted by Gasteiger charge is -2.24. The highest BCUT2D eigenvalue weighted by Gasteiger charge is 2.31. The number of aromatic amines is 3. The molecule has 2 unspecified atom stereocenters. The van der Waals surface area contributed by atoms with Gasteiger partial charge in [-0.3, -0.25) is 24.0 Å². The van der Waals surface area contributed by atoms with Gasteiger partial charge in [0, 0.05) is 60.9 Å². The van der Waals surface area contributed by atoms with Crippen molar-refractivity contribution < 1.29 is 42.7 Å². The largest absolute Gasteiger partial charge is 0.438 e. The van der Waals surface area contributed by atoms with Gasteiger partial charge in [-0.05, 0) is 203 Å². The molecule has 2 amide bonds. The molecule has 0 bridgehead atoms. The fourth-order valence-corrected chi connectivity index (χ4v) is 15.6. The van der Waals surface area contributed by atoms with Gasteiger partial charge in [-0.2, -0.15) is 0 Å². The number of carbonyl (C=O) groups excluding carboxylic acids is 2. The Morgan fingerprint density at radius 2 is 0.602 bits per heavy atom. The summed E-state index contributed by atoms with van der Waals surface area (Å²) >= 11 is 96.1. The van der Waals surface area contributed by atoms with Gasteiger partial charge in [-0.25, -0.2) is 26.1 Å². The molecule has 5 aromatic heterocycles. The summed E-state index contributed by atoms with van der Waals surface area (Å²) in [6.07, 6.45) is 0.770. The van der Waals surface area contributed by atoms with Crippen LogP contribution in [0.5, 0.6) is 69.6 Å². The third-order valence-corrected chi connectivity index (χ3v) is 21.2. The zero-order valence-electron chi connectivity index (χ0n) is 69.2. The Hall–Kier alpha value is -9.40. The van der Waals surface area contributed by atoms with E-state index in [9.17, 15) is 24.0 Å². The molecule has 0 aliphatic carbocycles. The first-order valence-corrected chi connectivity index (χ1v) is 43.5. The highest BCUT2D eigenvalue weighted by atomic mass is 35.5. The van der Waals surface area contributed by atoms with Crippen molar-refractivity contribution in [1.29, 1.82) is 0 Å². The maximum Gasteiger partial charge on any atom is 0.267 e. The minimum Gasteiger partial charge on any atom is -0.438 e. The maximum atomic E-state index is 11.7. The number of hydrazone groups is 2. The number of aromatic nitrogens is 10. The molecule has 128 heavy (non-hydrogen) atoms. The number of amides is 2. The number of hydrogen-bond acceptors (Lipinski definition) is 21. The molecular weight excluding hydrogens is 1990 g/mol. The lowest BCUT2D eigenvalue weighted by molar-refractivity contribution is -0.127. The molecule has 7 heterocycles. The third-order valence-electron chi connectivity index (χ3n) is 16.8. The normalized spacial score (nSPS) is 13.0. The summed E-state index contributed by atoms with van der Waals surface area (Å²) in [6.45, 7) is 26.6. The molecule has 7 aromatic carbocycles. The van der Waals surface area contributed by atoms with Gasteiger partial charge in [0.15, 0.2) is 50.6 Å². The number of nitrogens with one attached hydrogen (secondary N) is 5. The Morgan fingerprint density at radius 1 is 0.336 bits per heavy atom. The standard InChI is InChI=1S/C14H16Cl2N2O2.2C14H14Cl2N2O2.2C11H7Cl3N2O.2C11H8Cl2N2O2/c3*1-7(2)9-6-12(17-18-14(9)19)20-13-10(15)4-8(3)5-11(13)16;2*1-6-4-7(12)11(8(13)5-6)17-10-3-2-9(14)15-16-10;2*1-6-4-7(12)11(8(13)5-6)17-10-3-2-9(16)14-15-10/h4-5,7,9H,6H2,1-3H3,(H,18,19);4-7H,1-3H3,(H,18,19);4-5,9H,1,6H2,2-3H3,(H,18,19);2*2-5H,1H3;2*2-5H,1H3,(H,14,16). The molecule has 2 atom stereocenters. The Balaban J connectivity index is 0.000000185. The number of rotatable bonds is 15. The molecule has 2 aliphatic rings. The van der Waals surface area contributed by atoms with Crippen LogP contribution >= 0.6 is 186 Å². The summed E-state index contributed by atoms with van der Waals surface area (Å²) in [5.41, 5.74) is 12.0. The van der Waals surface area contributed by atoms with Crippen molar-refractivity contribution in [3.8, 4) is 69.6 Å². The van der Waals surface area contributed by atoms with E-state index in [1.54, 1.807) is 122 Å². The molecule has 5 N–H and O–H groups in total. The molecule has 672 valence electrons. The van der Waals surface area contributed by atoms with Crippen LogP contribution < -0.4 is 60.7 Å². The van der Waals surface area contributed by atoms with E-state index in [0.29, 0.717) is 151 Å². The summed E-state index contributed by atoms with van der Waals surface area (Å²) in [6, 6.07) is 37.9. The fourth-order valence-electron chi connectivity index (χ4n) is 10.7. The molecule has 12 aromatic rings. The second-order valence-corrected chi connectivity index (χ2v) is 34.8. The molecule has 0 radical (unpaired) electrons. The Labute approximate surface area is 813 Å². The number of ether oxygens (including phenoxy) is 7. The fraction of sp³-hybridized carbons (Fsp3) is 0.209. The lowest BCUT2D eigenvalue weighted by atomic mass is 9.91. The Bertz CT molecular complexity index is 5880. The molecule has 2 aliphatic heterocycles. The van der Waals surface area contributed by atoms with Crippen molar-refractivity contribution in [2.45, 2.75) is 102 Å². The van der Waals surface area contributed by atoms with Crippen LogP contribution in [0, 0.1) is 66.2 Å². The van der Waals surface area contributed by atoms with Gasteiger partial charge in [-0.15, -0.1) is 45.9 Å². The van der Waals surface area contributed by atoms with Crippen LogP contribution in [0.25, 0.3) is 0 Å². The zero-order valence-corrected chi connectivity index (χ0v) is 81.3. The minimum absolute atomic E-state index is 0.0630. The maximum absolute atomic E-state index is 11.7. The number of hydrogen-bond donors (Lipinski definition) is 5. The average Bonchev–Trinajstić information content (AvgIpc) is 0.808. The molecule has 0 saturated heterocycles. The van der Waals surface area contributed by atoms with Crippen LogP contribution in [-0.2, 0) is 9.59 Å². The predicted molar refractivity (Wildman–Crippen MR) is 510 cm³/mol. The van der Waals surface area contributed by atoms with E-state index in [1.807, 2.05) is 76.2 Å². The van der Waals surface area contributed by atoms with Gasteiger partial charge in [0.1, 0.15) is 0 Å². The van der Waals surface area contributed by atoms with Crippen molar-refractivity contribution in [1.82, 2.24) is 61.8 Å². The Kier molecular flexibility index (Phi) is 39.8.